The predicted molar refractivity (Wildman–Crippen MR) is 110 cm³/mol. The number of nitrogens with one attached hydrogen (secondary N) is 2. The van der Waals surface area contributed by atoms with E-state index in [2.05, 4.69) is 15.6 Å². The van der Waals surface area contributed by atoms with Gasteiger partial charge in [0.1, 0.15) is 5.82 Å². The van der Waals surface area contributed by atoms with Gasteiger partial charge in [0.05, 0.1) is 0 Å². The summed E-state index contributed by atoms with van der Waals surface area (Å²) >= 11 is 0. The lowest BCUT2D eigenvalue weighted by Gasteiger charge is -2.27. The maximum Gasteiger partial charge on any atom is 0.191 e. The number of hydrogen-bond donors (Lipinski definition) is 2. The maximum absolute atomic E-state index is 14.0. The maximum atomic E-state index is 14.0. The number of halogens is 2. The van der Waals surface area contributed by atoms with Crippen LogP contribution in [0.3, 0.4) is 0 Å². The van der Waals surface area contributed by atoms with Gasteiger partial charge in [0.25, 0.3) is 0 Å². The van der Waals surface area contributed by atoms with Gasteiger partial charge in [0.15, 0.2) is 5.96 Å². The van der Waals surface area contributed by atoms with Crippen molar-refractivity contribution in [2.24, 2.45) is 4.99 Å². The predicted octanol–water partition coefficient (Wildman–Crippen LogP) is 3.70. The molecule has 1 rings (SSSR count). The van der Waals surface area contributed by atoms with Crippen LogP contribution in [0.1, 0.15) is 39.2 Å². The molecule has 0 spiro atoms. The van der Waals surface area contributed by atoms with Crippen LogP contribution in [0.2, 0.25) is 0 Å². The smallest absolute Gasteiger partial charge is 0.191 e. The normalized spacial score (nSPS) is 11.8. The molecular weight excluding hydrogens is 420 g/mol. The van der Waals surface area contributed by atoms with Gasteiger partial charge in [-0.25, -0.2) is 4.39 Å². The fourth-order valence-electron chi connectivity index (χ4n) is 2.31. The first kappa shape index (κ1) is 23.1. The standard InChI is InChI=1S/C18H30FN3O.HI/c1-5-23-13-9-8-12-21-17(20-4)22-14-18(2,3)15-10-6-7-11-16(15)19;/h6-7,10-11H,5,8-9,12-14H2,1-4H3,(H2,20,21,22);1H. The summed E-state index contributed by atoms with van der Waals surface area (Å²) in [6, 6.07) is 6.92. The van der Waals surface area contributed by atoms with Gasteiger partial charge in [-0.1, -0.05) is 32.0 Å². The van der Waals surface area contributed by atoms with Crippen LogP contribution in [-0.2, 0) is 10.2 Å². The summed E-state index contributed by atoms with van der Waals surface area (Å²) in [6.45, 7) is 9.05. The van der Waals surface area contributed by atoms with Crippen LogP contribution in [0, 0.1) is 5.82 Å². The van der Waals surface area contributed by atoms with Crippen molar-refractivity contribution in [1.29, 1.82) is 0 Å². The third-order valence-corrected chi connectivity index (χ3v) is 3.74. The minimum atomic E-state index is -0.321. The molecule has 0 aliphatic carbocycles. The van der Waals surface area contributed by atoms with Crippen LogP contribution in [0.15, 0.2) is 29.3 Å². The zero-order chi connectivity index (χ0) is 17.1. The summed E-state index contributed by atoms with van der Waals surface area (Å²) in [4.78, 5) is 4.21. The summed E-state index contributed by atoms with van der Waals surface area (Å²) in [6.07, 6.45) is 2.05. The van der Waals surface area contributed by atoms with Gasteiger partial charge >= 0.3 is 0 Å². The first-order valence-corrected chi connectivity index (χ1v) is 8.28. The number of aliphatic imine (C=N–C) groups is 1. The van der Waals surface area contributed by atoms with E-state index < -0.39 is 0 Å². The van der Waals surface area contributed by atoms with Crippen molar-refractivity contribution in [3.63, 3.8) is 0 Å². The summed E-state index contributed by atoms with van der Waals surface area (Å²) in [5.41, 5.74) is 0.387. The van der Waals surface area contributed by atoms with E-state index in [9.17, 15) is 4.39 Å². The topological polar surface area (TPSA) is 45.6 Å². The second kappa shape index (κ2) is 12.5. The third kappa shape index (κ3) is 8.28. The third-order valence-electron chi connectivity index (χ3n) is 3.74. The van der Waals surface area contributed by atoms with Crippen molar-refractivity contribution < 1.29 is 9.13 Å². The van der Waals surface area contributed by atoms with Crippen molar-refractivity contribution in [3.8, 4) is 0 Å². The highest BCUT2D eigenvalue weighted by Crippen LogP contribution is 2.24. The fourth-order valence-corrected chi connectivity index (χ4v) is 2.31. The highest BCUT2D eigenvalue weighted by Gasteiger charge is 2.24. The molecule has 0 fully saturated rings. The van der Waals surface area contributed by atoms with Crippen molar-refractivity contribution in [2.45, 2.75) is 39.0 Å². The number of benzene rings is 1. The molecule has 2 N–H and O–H groups in total. The van der Waals surface area contributed by atoms with Crippen LogP contribution in [0.5, 0.6) is 0 Å². The minimum absolute atomic E-state index is 0. The Hall–Kier alpha value is -0.890. The molecule has 0 amide bonds. The van der Waals surface area contributed by atoms with Gasteiger partial charge in [-0.2, -0.15) is 0 Å². The molecule has 4 nitrogen and oxygen atoms in total. The number of hydrogen-bond acceptors (Lipinski definition) is 2. The van der Waals surface area contributed by atoms with Gasteiger partial charge in [-0.05, 0) is 31.4 Å². The van der Waals surface area contributed by atoms with E-state index >= 15 is 0 Å². The van der Waals surface area contributed by atoms with E-state index in [0.29, 0.717) is 12.1 Å². The van der Waals surface area contributed by atoms with E-state index in [1.54, 1.807) is 13.1 Å². The lowest BCUT2D eigenvalue weighted by atomic mass is 9.84. The number of ether oxygens (including phenoxy) is 1. The molecule has 1 aromatic carbocycles. The molecule has 0 saturated carbocycles. The molecular formula is C18H31FIN3O. The zero-order valence-electron chi connectivity index (χ0n) is 15.2. The SMILES string of the molecule is CCOCCCCNC(=NC)NCC(C)(C)c1ccccc1F.I. The average molecular weight is 451 g/mol. The number of nitrogens with zero attached hydrogens (tertiary/aromatic N) is 1. The summed E-state index contributed by atoms with van der Waals surface area (Å²) in [5.74, 6) is 0.573. The monoisotopic (exact) mass is 451 g/mol. The highest BCUT2D eigenvalue weighted by atomic mass is 127. The van der Waals surface area contributed by atoms with E-state index in [1.165, 1.54) is 6.07 Å². The average Bonchev–Trinajstić information content (AvgIpc) is 2.53. The zero-order valence-corrected chi connectivity index (χ0v) is 17.5. The lowest BCUT2D eigenvalue weighted by Crippen LogP contribution is -2.44. The van der Waals surface area contributed by atoms with Gasteiger partial charge in [-0.15, -0.1) is 24.0 Å². The summed E-state index contributed by atoms with van der Waals surface area (Å²) < 4.78 is 19.3. The molecule has 6 heteroatoms. The quantitative estimate of drug-likeness (QED) is 0.261. The number of guanidine groups is 1. The van der Waals surface area contributed by atoms with E-state index in [-0.39, 0.29) is 35.2 Å². The molecule has 0 heterocycles. The lowest BCUT2D eigenvalue weighted by molar-refractivity contribution is 0.143. The molecule has 0 saturated heterocycles. The molecule has 0 atom stereocenters. The van der Waals surface area contributed by atoms with Crippen molar-refractivity contribution in [2.75, 3.05) is 33.4 Å². The largest absolute Gasteiger partial charge is 0.382 e. The van der Waals surface area contributed by atoms with Gasteiger partial charge in [-0.3, -0.25) is 4.99 Å². The van der Waals surface area contributed by atoms with Crippen molar-refractivity contribution in [3.05, 3.63) is 35.6 Å². The molecule has 0 aliphatic heterocycles. The fraction of sp³-hybridized carbons (Fsp3) is 0.611. The Morgan fingerprint density at radius 2 is 1.92 bits per heavy atom. The molecule has 0 bridgehead atoms. The van der Waals surface area contributed by atoms with Crippen LogP contribution in [0.25, 0.3) is 0 Å². The van der Waals surface area contributed by atoms with E-state index in [4.69, 9.17) is 4.74 Å². The Balaban J connectivity index is 0.00000529. The second-order valence-corrected chi connectivity index (χ2v) is 6.12. The van der Waals surface area contributed by atoms with E-state index in [1.807, 2.05) is 32.9 Å². The Labute approximate surface area is 162 Å². The Morgan fingerprint density at radius 1 is 1.21 bits per heavy atom. The minimum Gasteiger partial charge on any atom is -0.382 e. The number of unbranched alkanes of at least 4 members (excludes halogenated alkanes) is 1. The molecule has 1 aromatic rings. The Kier molecular flexibility index (Phi) is 12.0. The molecule has 24 heavy (non-hydrogen) atoms. The van der Waals surface area contributed by atoms with Crippen molar-refractivity contribution in [1.82, 2.24) is 10.6 Å². The highest BCUT2D eigenvalue weighted by molar-refractivity contribution is 14.0. The molecule has 0 aromatic heterocycles. The molecule has 0 aliphatic rings. The second-order valence-electron chi connectivity index (χ2n) is 6.12. The summed E-state index contributed by atoms with van der Waals surface area (Å²) in [7, 11) is 1.74. The first-order chi connectivity index (χ1) is 11.0. The van der Waals surface area contributed by atoms with Gasteiger partial charge < -0.3 is 15.4 Å². The van der Waals surface area contributed by atoms with Crippen molar-refractivity contribution >= 4 is 29.9 Å². The first-order valence-electron chi connectivity index (χ1n) is 8.28. The summed E-state index contributed by atoms with van der Waals surface area (Å²) in [5, 5.41) is 6.55. The van der Waals surface area contributed by atoms with Crippen LogP contribution in [-0.4, -0.2) is 39.3 Å². The molecule has 0 radical (unpaired) electrons. The Morgan fingerprint density at radius 3 is 2.54 bits per heavy atom. The van der Waals surface area contributed by atoms with Gasteiger partial charge in [0, 0.05) is 38.8 Å². The van der Waals surface area contributed by atoms with E-state index in [0.717, 1.165) is 38.6 Å². The molecule has 138 valence electrons. The van der Waals surface area contributed by atoms with Crippen LogP contribution in [0.4, 0.5) is 4.39 Å². The van der Waals surface area contributed by atoms with Gasteiger partial charge in [0.2, 0.25) is 0 Å². The Bertz CT molecular complexity index is 495. The number of rotatable bonds is 9. The van der Waals surface area contributed by atoms with Crippen LogP contribution >= 0.6 is 24.0 Å². The van der Waals surface area contributed by atoms with Crippen LogP contribution < -0.4 is 10.6 Å². The molecule has 0 unspecified atom stereocenters.